The largest absolute Gasteiger partial charge is 3.00 e. The van der Waals surface area contributed by atoms with Crippen molar-refractivity contribution in [3.05, 3.63) is 48.6 Å². The summed E-state index contributed by atoms with van der Waals surface area (Å²) in [6.07, 6.45) is 27.3. The summed E-state index contributed by atoms with van der Waals surface area (Å²) in [4.78, 5) is 19.9. The second-order valence-corrected chi connectivity index (χ2v) is 6.62. The number of hydrogen-bond acceptors (Lipinski definition) is 4. The topological polar surface area (TPSA) is 80.3 Å². The Labute approximate surface area is 197 Å². The van der Waals surface area contributed by atoms with E-state index in [0.29, 0.717) is 0 Å². The summed E-state index contributed by atoms with van der Waals surface area (Å²) < 4.78 is 0. The number of aliphatic carboxylic acids is 2. The molecule has 0 aromatic heterocycles. The van der Waals surface area contributed by atoms with Gasteiger partial charge in [-0.2, -0.15) is 0 Å². The van der Waals surface area contributed by atoms with Gasteiger partial charge in [-0.25, -0.2) is 0 Å². The molecule has 0 saturated heterocycles. The maximum absolute atomic E-state index is 9.97. The van der Waals surface area contributed by atoms with Crippen molar-refractivity contribution in [1.29, 1.82) is 0 Å². The summed E-state index contributed by atoms with van der Waals surface area (Å²) in [6, 6.07) is 0. The van der Waals surface area contributed by atoms with Gasteiger partial charge in [0.2, 0.25) is 0 Å². The molecule has 0 heterocycles. The summed E-state index contributed by atoms with van der Waals surface area (Å²) in [5.41, 5.74) is 0. The van der Waals surface area contributed by atoms with Crippen molar-refractivity contribution in [3.8, 4) is 0 Å². The Hall–Kier alpha value is -1.22. The van der Waals surface area contributed by atoms with Crippen LogP contribution >= 0.6 is 0 Å². The third kappa shape index (κ3) is 38.1. The van der Waals surface area contributed by atoms with E-state index in [1.165, 1.54) is 76.4 Å². The fraction of sp³-hybridized carbons (Fsp3) is 0.583. The van der Waals surface area contributed by atoms with E-state index in [2.05, 4.69) is 13.8 Å². The van der Waals surface area contributed by atoms with Gasteiger partial charge in [0.25, 0.3) is 0 Å². The quantitative estimate of drug-likeness (QED) is 0.116. The molecule has 0 spiro atoms. The standard InChI is InChI=1S/2C12H20O2.Bi/c2*1-2-3-4-5-6-7-8-9-10-11-12(13)14;/h2*8-11H,2-7H2,1H3,(H,13,14);/q;;+3/p-2/b2*9-8+,11-10+;. The summed E-state index contributed by atoms with van der Waals surface area (Å²) >= 11 is 0. The molecule has 0 aliphatic heterocycles. The van der Waals surface area contributed by atoms with Gasteiger partial charge >= 0.3 is 26.2 Å². The van der Waals surface area contributed by atoms with E-state index in [-0.39, 0.29) is 26.2 Å². The van der Waals surface area contributed by atoms with Crippen LogP contribution < -0.4 is 10.2 Å². The Kier molecular flexibility index (Phi) is 32.4. The number of unbranched alkanes of at least 4 members (excludes halogenated alkanes) is 10. The van der Waals surface area contributed by atoms with Crippen molar-refractivity contribution >= 4 is 38.1 Å². The van der Waals surface area contributed by atoms with Gasteiger partial charge in [0, 0.05) is 0 Å². The third-order valence-electron chi connectivity index (χ3n) is 3.91. The zero-order valence-electron chi connectivity index (χ0n) is 18.2. The van der Waals surface area contributed by atoms with Crippen LogP contribution in [0.4, 0.5) is 0 Å². The predicted molar refractivity (Wildman–Crippen MR) is 119 cm³/mol. The van der Waals surface area contributed by atoms with Crippen molar-refractivity contribution < 1.29 is 19.8 Å². The zero-order valence-corrected chi connectivity index (χ0v) is 21.7. The number of carbonyl (C=O) groups is 2. The maximum Gasteiger partial charge on any atom is 3.00 e. The summed E-state index contributed by atoms with van der Waals surface area (Å²) in [5, 5.41) is 19.9. The number of carbonyl (C=O) groups excluding carboxylic acids is 2. The van der Waals surface area contributed by atoms with E-state index in [0.717, 1.165) is 25.0 Å². The van der Waals surface area contributed by atoms with Crippen LogP contribution in [-0.2, 0) is 9.59 Å². The van der Waals surface area contributed by atoms with Gasteiger partial charge in [-0.15, -0.1) is 0 Å². The van der Waals surface area contributed by atoms with Gasteiger partial charge in [0.15, 0.2) is 0 Å². The first-order valence-electron chi connectivity index (χ1n) is 10.6. The van der Waals surface area contributed by atoms with E-state index >= 15 is 0 Å². The minimum Gasteiger partial charge on any atom is -0.545 e. The van der Waals surface area contributed by atoms with Gasteiger partial charge in [-0.3, -0.25) is 0 Å². The average Bonchev–Trinajstić information content (AvgIpc) is 2.65. The van der Waals surface area contributed by atoms with E-state index in [9.17, 15) is 19.8 Å². The zero-order chi connectivity index (χ0) is 21.3. The molecule has 29 heavy (non-hydrogen) atoms. The first-order valence-corrected chi connectivity index (χ1v) is 10.6. The van der Waals surface area contributed by atoms with Gasteiger partial charge in [0.05, 0.1) is 11.9 Å². The molecule has 0 bridgehead atoms. The predicted octanol–water partition coefficient (Wildman–Crippen LogP) is 4.04. The molecule has 0 N–H and O–H groups in total. The first kappa shape index (κ1) is 32.4. The molecule has 0 fully saturated rings. The van der Waals surface area contributed by atoms with E-state index in [1.807, 2.05) is 12.2 Å². The molecule has 0 atom stereocenters. The van der Waals surface area contributed by atoms with Crippen molar-refractivity contribution in [1.82, 2.24) is 0 Å². The van der Waals surface area contributed by atoms with Crippen LogP contribution in [0.1, 0.15) is 90.9 Å². The Morgan fingerprint density at radius 2 is 0.931 bits per heavy atom. The number of carboxylic acid groups (broad SMARTS) is 2. The molecular formula is C24H38BiO4+. The average molecular weight is 600 g/mol. The van der Waals surface area contributed by atoms with Gasteiger partial charge in [0.1, 0.15) is 0 Å². The van der Waals surface area contributed by atoms with Crippen LogP contribution in [0.5, 0.6) is 0 Å². The summed E-state index contributed by atoms with van der Waals surface area (Å²) in [7, 11) is 0. The normalized spacial score (nSPS) is 11.1. The smallest absolute Gasteiger partial charge is 0.545 e. The second kappa shape index (κ2) is 29.0. The van der Waals surface area contributed by atoms with Crippen molar-refractivity contribution in [3.63, 3.8) is 0 Å². The van der Waals surface area contributed by atoms with Gasteiger partial charge < -0.3 is 19.8 Å². The summed E-state index contributed by atoms with van der Waals surface area (Å²) in [6.45, 7) is 4.40. The monoisotopic (exact) mass is 599 g/mol. The molecular weight excluding hydrogens is 561 g/mol. The third-order valence-corrected chi connectivity index (χ3v) is 3.91. The molecule has 0 aromatic rings. The molecule has 162 valence electrons. The minimum atomic E-state index is -1.14. The molecule has 5 heteroatoms. The Morgan fingerprint density at radius 1 is 0.586 bits per heavy atom. The van der Waals surface area contributed by atoms with Crippen LogP contribution in [-0.4, -0.2) is 38.1 Å². The fourth-order valence-corrected chi connectivity index (χ4v) is 2.35. The molecule has 0 unspecified atom stereocenters. The molecule has 0 amide bonds. The number of carboxylic acids is 2. The van der Waals surface area contributed by atoms with Crippen LogP contribution in [0.2, 0.25) is 0 Å². The molecule has 0 aliphatic carbocycles. The van der Waals surface area contributed by atoms with Crippen LogP contribution in [0.3, 0.4) is 0 Å². The van der Waals surface area contributed by atoms with Crippen molar-refractivity contribution in [2.24, 2.45) is 0 Å². The Morgan fingerprint density at radius 3 is 1.24 bits per heavy atom. The van der Waals surface area contributed by atoms with Gasteiger partial charge in [-0.1, -0.05) is 102 Å². The van der Waals surface area contributed by atoms with Gasteiger partial charge in [-0.05, 0) is 37.8 Å². The van der Waals surface area contributed by atoms with Crippen molar-refractivity contribution in [2.45, 2.75) is 90.9 Å². The number of allylic oxidation sites excluding steroid dienone is 6. The minimum absolute atomic E-state index is 0. The first-order chi connectivity index (χ1) is 13.5. The molecule has 0 saturated carbocycles. The van der Waals surface area contributed by atoms with Crippen LogP contribution in [0, 0.1) is 0 Å². The molecule has 4 nitrogen and oxygen atoms in total. The van der Waals surface area contributed by atoms with E-state index in [4.69, 9.17) is 0 Å². The maximum atomic E-state index is 9.97. The van der Waals surface area contributed by atoms with Crippen molar-refractivity contribution in [2.75, 3.05) is 0 Å². The van der Waals surface area contributed by atoms with E-state index in [1.54, 1.807) is 12.2 Å². The SMILES string of the molecule is CCCCCCC/C=C/C=C/C(=O)[O-].CCCCCCC/C=C/C=C/C(=O)[O-].[Bi+3]. The molecule has 0 aliphatic rings. The Balaban J connectivity index is -0.000000451. The molecule has 0 rings (SSSR count). The fourth-order valence-electron chi connectivity index (χ4n) is 2.35. The summed E-state index contributed by atoms with van der Waals surface area (Å²) in [5.74, 6) is -2.28. The molecule has 2 radical (unpaired) electrons. The number of rotatable bonds is 16. The molecule has 0 aromatic carbocycles. The van der Waals surface area contributed by atoms with Crippen LogP contribution in [0.25, 0.3) is 0 Å². The van der Waals surface area contributed by atoms with E-state index < -0.39 is 11.9 Å². The second-order valence-electron chi connectivity index (χ2n) is 6.62. The van der Waals surface area contributed by atoms with Crippen LogP contribution in [0.15, 0.2) is 48.6 Å². The Bertz CT molecular complexity index is 435. The number of hydrogen-bond donors (Lipinski definition) is 0.